The number of nitrogens with zero attached hydrogens (tertiary/aromatic N) is 2. The van der Waals surface area contributed by atoms with Crippen LogP contribution in [0, 0.1) is 0 Å². The van der Waals surface area contributed by atoms with E-state index in [1.165, 1.54) is 0 Å². The molecule has 5 heteroatoms. The highest BCUT2D eigenvalue weighted by Crippen LogP contribution is 2.24. The number of rotatable bonds is 2. The van der Waals surface area contributed by atoms with Gasteiger partial charge in [-0.3, -0.25) is 0 Å². The normalized spacial score (nSPS) is 26.4. The molecule has 2 heterocycles. The summed E-state index contributed by atoms with van der Waals surface area (Å²) < 4.78 is 5.32. The second-order valence-corrected chi connectivity index (χ2v) is 3.78. The monoisotopic (exact) mass is 194 g/mol. The fraction of sp³-hybridized carbons (Fsp3) is 0.556. The molecular weight excluding hydrogens is 180 g/mol. The van der Waals surface area contributed by atoms with Gasteiger partial charge in [-0.2, -0.15) is 0 Å². The maximum atomic E-state index is 5.68. The Bertz CT molecular complexity index is 322. The SMILES string of the molecule is CC1(Nc2nccnc2N)CCOC1. The Labute approximate surface area is 82.7 Å². The molecule has 0 aromatic carbocycles. The summed E-state index contributed by atoms with van der Waals surface area (Å²) in [5.74, 6) is 1.07. The van der Waals surface area contributed by atoms with E-state index in [0.29, 0.717) is 18.2 Å². The molecule has 1 fully saturated rings. The molecule has 1 aliphatic rings. The number of hydrogen-bond donors (Lipinski definition) is 2. The van der Waals surface area contributed by atoms with Crippen LogP contribution in [-0.2, 0) is 4.74 Å². The maximum absolute atomic E-state index is 5.68. The lowest BCUT2D eigenvalue weighted by molar-refractivity contribution is 0.185. The maximum Gasteiger partial charge on any atom is 0.169 e. The fourth-order valence-electron chi connectivity index (χ4n) is 1.50. The number of nitrogens with one attached hydrogen (secondary N) is 1. The van der Waals surface area contributed by atoms with Crippen molar-refractivity contribution in [1.29, 1.82) is 0 Å². The van der Waals surface area contributed by atoms with Crippen molar-refractivity contribution in [2.45, 2.75) is 18.9 Å². The predicted octanol–water partition coefficient (Wildman–Crippen LogP) is 0.650. The van der Waals surface area contributed by atoms with E-state index in [-0.39, 0.29) is 5.54 Å². The highest BCUT2D eigenvalue weighted by molar-refractivity contribution is 5.56. The van der Waals surface area contributed by atoms with Gasteiger partial charge in [0.05, 0.1) is 12.1 Å². The third-order valence-corrected chi connectivity index (χ3v) is 2.37. The Balaban J connectivity index is 2.14. The highest BCUT2D eigenvalue weighted by Gasteiger charge is 2.30. The number of nitrogen functional groups attached to an aromatic ring is 1. The van der Waals surface area contributed by atoms with Gasteiger partial charge in [0.15, 0.2) is 11.6 Å². The molecule has 1 aromatic heterocycles. The van der Waals surface area contributed by atoms with Crippen molar-refractivity contribution >= 4 is 11.6 Å². The highest BCUT2D eigenvalue weighted by atomic mass is 16.5. The minimum Gasteiger partial charge on any atom is -0.381 e. The lowest BCUT2D eigenvalue weighted by Crippen LogP contribution is -2.35. The first-order valence-corrected chi connectivity index (χ1v) is 4.62. The van der Waals surface area contributed by atoms with Crippen molar-refractivity contribution in [3.8, 4) is 0 Å². The zero-order valence-corrected chi connectivity index (χ0v) is 8.16. The van der Waals surface area contributed by atoms with Crippen molar-refractivity contribution in [1.82, 2.24) is 9.97 Å². The first-order chi connectivity index (χ1) is 6.70. The molecule has 76 valence electrons. The molecule has 1 atom stereocenters. The second kappa shape index (κ2) is 3.42. The number of anilines is 2. The van der Waals surface area contributed by atoms with E-state index in [1.807, 2.05) is 0 Å². The molecule has 0 amide bonds. The van der Waals surface area contributed by atoms with Gasteiger partial charge in [-0.25, -0.2) is 9.97 Å². The molecule has 0 bridgehead atoms. The van der Waals surface area contributed by atoms with Gasteiger partial charge in [-0.05, 0) is 13.3 Å². The molecule has 0 radical (unpaired) electrons. The molecular formula is C9H14N4O. The molecule has 1 aromatic rings. The Kier molecular flexibility index (Phi) is 2.25. The van der Waals surface area contributed by atoms with Gasteiger partial charge in [0.25, 0.3) is 0 Å². The molecule has 3 N–H and O–H groups in total. The summed E-state index contributed by atoms with van der Waals surface area (Å²) in [6, 6.07) is 0. The van der Waals surface area contributed by atoms with Crippen molar-refractivity contribution < 1.29 is 4.74 Å². The van der Waals surface area contributed by atoms with Crippen LogP contribution >= 0.6 is 0 Å². The molecule has 0 aliphatic carbocycles. The molecule has 1 unspecified atom stereocenters. The number of aromatic nitrogens is 2. The molecule has 2 rings (SSSR count). The van der Waals surface area contributed by atoms with E-state index in [2.05, 4.69) is 22.2 Å². The van der Waals surface area contributed by atoms with E-state index in [0.717, 1.165) is 13.0 Å². The molecule has 5 nitrogen and oxygen atoms in total. The van der Waals surface area contributed by atoms with Crippen molar-refractivity contribution in [3.05, 3.63) is 12.4 Å². The van der Waals surface area contributed by atoms with E-state index >= 15 is 0 Å². The van der Waals surface area contributed by atoms with Gasteiger partial charge >= 0.3 is 0 Å². The Hall–Kier alpha value is -1.36. The standard InChI is InChI=1S/C9H14N4O/c1-9(2-5-14-6-9)13-8-7(10)11-3-4-12-8/h3-4H,2,5-6H2,1H3,(H2,10,11)(H,12,13). The number of hydrogen-bond acceptors (Lipinski definition) is 5. The van der Waals surface area contributed by atoms with Crippen molar-refractivity contribution in [2.75, 3.05) is 24.3 Å². The third-order valence-electron chi connectivity index (χ3n) is 2.37. The van der Waals surface area contributed by atoms with E-state index in [1.54, 1.807) is 12.4 Å². The van der Waals surface area contributed by atoms with Crippen LogP contribution in [0.1, 0.15) is 13.3 Å². The summed E-state index contributed by atoms with van der Waals surface area (Å²) in [6.45, 7) is 3.56. The molecule has 0 saturated carbocycles. The van der Waals surface area contributed by atoms with Crippen LogP contribution in [0.2, 0.25) is 0 Å². The molecule has 1 saturated heterocycles. The summed E-state index contributed by atoms with van der Waals surface area (Å²) in [7, 11) is 0. The van der Waals surface area contributed by atoms with E-state index in [9.17, 15) is 0 Å². The number of nitrogens with two attached hydrogens (primary N) is 1. The lowest BCUT2D eigenvalue weighted by Gasteiger charge is -2.24. The minimum absolute atomic E-state index is 0.0653. The van der Waals surface area contributed by atoms with Crippen LogP contribution in [0.5, 0.6) is 0 Å². The summed E-state index contributed by atoms with van der Waals surface area (Å²) in [5.41, 5.74) is 5.62. The smallest absolute Gasteiger partial charge is 0.169 e. The number of ether oxygens (including phenoxy) is 1. The summed E-state index contributed by atoms with van der Waals surface area (Å²) in [6.07, 6.45) is 4.16. The zero-order valence-electron chi connectivity index (χ0n) is 8.16. The predicted molar refractivity (Wildman–Crippen MR) is 53.9 cm³/mol. The first-order valence-electron chi connectivity index (χ1n) is 4.62. The Morgan fingerprint density at radius 2 is 2.29 bits per heavy atom. The zero-order chi connectivity index (χ0) is 10.0. The van der Waals surface area contributed by atoms with Crippen LogP contribution in [0.3, 0.4) is 0 Å². The molecule has 14 heavy (non-hydrogen) atoms. The van der Waals surface area contributed by atoms with Crippen molar-refractivity contribution in [2.24, 2.45) is 0 Å². The quantitative estimate of drug-likeness (QED) is 0.723. The fourth-order valence-corrected chi connectivity index (χ4v) is 1.50. The Morgan fingerprint density at radius 3 is 2.93 bits per heavy atom. The first kappa shape index (κ1) is 9.21. The van der Waals surface area contributed by atoms with Gasteiger partial charge in [0, 0.05) is 19.0 Å². The van der Waals surface area contributed by atoms with E-state index < -0.39 is 0 Å². The summed E-state index contributed by atoms with van der Waals surface area (Å²) >= 11 is 0. The van der Waals surface area contributed by atoms with Crippen LogP contribution < -0.4 is 11.1 Å². The van der Waals surface area contributed by atoms with Gasteiger partial charge in [0.1, 0.15) is 0 Å². The van der Waals surface area contributed by atoms with Crippen LogP contribution in [0.25, 0.3) is 0 Å². The second-order valence-electron chi connectivity index (χ2n) is 3.78. The average molecular weight is 194 g/mol. The van der Waals surface area contributed by atoms with Crippen molar-refractivity contribution in [3.63, 3.8) is 0 Å². The Morgan fingerprint density at radius 1 is 1.50 bits per heavy atom. The topological polar surface area (TPSA) is 73.1 Å². The largest absolute Gasteiger partial charge is 0.381 e. The molecule has 1 aliphatic heterocycles. The van der Waals surface area contributed by atoms with Gasteiger partial charge in [-0.15, -0.1) is 0 Å². The summed E-state index contributed by atoms with van der Waals surface area (Å²) in [5, 5.41) is 3.26. The van der Waals surface area contributed by atoms with Gasteiger partial charge in [0.2, 0.25) is 0 Å². The molecule has 0 spiro atoms. The summed E-state index contributed by atoms with van der Waals surface area (Å²) in [4.78, 5) is 8.10. The lowest BCUT2D eigenvalue weighted by atomic mass is 10.0. The van der Waals surface area contributed by atoms with Gasteiger partial charge < -0.3 is 15.8 Å². The van der Waals surface area contributed by atoms with Crippen LogP contribution in [0.15, 0.2) is 12.4 Å². The average Bonchev–Trinajstić information content (AvgIpc) is 2.57. The van der Waals surface area contributed by atoms with E-state index in [4.69, 9.17) is 10.5 Å². The third kappa shape index (κ3) is 1.77. The van der Waals surface area contributed by atoms with Gasteiger partial charge in [-0.1, -0.05) is 0 Å². The minimum atomic E-state index is -0.0653. The van der Waals surface area contributed by atoms with Crippen LogP contribution in [0.4, 0.5) is 11.6 Å². The van der Waals surface area contributed by atoms with Crippen LogP contribution in [-0.4, -0.2) is 28.7 Å².